The molecule has 92 valence electrons. The van der Waals surface area contributed by atoms with E-state index in [1.54, 1.807) is 7.11 Å². The van der Waals surface area contributed by atoms with Gasteiger partial charge in [-0.15, -0.1) is 0 Å². The number of esters is 2. The van der Waals surface area contributed by atoms with Gasteiger partial charge in [-0.3, -0.25) is 9.59 Å². The van der Waals surface area contributed by atoms with Crippen molar-refractivity contribution in [2.75, 3.05) is 7.11 Å². The Kier molecular flexibility index (Phi) is 5.36. The van der Waals surface area contributed by atoms with Gasteiger partial charge in [0.25, 0.3) is 0 Å². The molecule has 0 bridgehead atoms. The topological polar surface area (TPSA) is 52.6 Å². The minimum atomic E-state index is -0.580. The number of ether oxygens (including phenoxy) is 2. The Morgan fingerprint density at radius 3 is 2.41 bits per heavy atom. The van der Waals surface area contributed by atoms with E-state index in [1.807, 2.05) is 30.3 Å². The van der Waals surface area contributed by atoms with Crippen LogP contribution < -0.4 is 0 Å². The normalized spacial score (nSPS) is 11.9. The molecule has 0 saturated heterocycles. The Hall–Kier alpha value is -1.68. The first-order valence-electron chi connectivity index (χ1n) is 5.42. The summed E-state index contributed by atoms with van der Waals surface area (Å²) in [6.07, 6.45) is 0.496. The fourth-order valence-electron chi connectivity index (χ4n) is 1.55. The summed E-state index contributed by atoms with van der Waals surface area (Å²) in [5.41, 5.74) is 1.01. The Balaban J connectivity index is 2.49. The number of carbonyl (C=O) groups excluding carboxylic acids is 2. The highest BCUT2D eigenvalue weighted by atomic mass is 16.6. The number of methoxy groups -OCH3 is 1. The maximum Gasteiger partial charge on any atom is 0.313 e. The molecule has 0 aliphatic rings. The van der Waals surface area contributed by atoms with E-state index < -0.39 is 11.9 Å². The average Bonchev–Trinajstić information content (AvgIpc) is 2.30. The Morgan fingerprint density at radius 1 is 1.24 bits per heavy atom. The summed E-state index contributed by atoms with van der Waals surface area (Å²) in [5.74, 6) is -1.10. The van der Waals surface area contributed by atoms with Gasteiger partial charge in [-0.05, 0) is 12.0 Å². The predicted octanol–water partition coefficient (Wildman–Crippen LogP) is 2.24. The summed E-state index contributed by atoms with van der Waals surface area (Å²) >= 11 is 0. The number of hydrogen-bond donors (Lipinski definition) is 0. The van der Waals surface area contributed by atoms with Crippen LogP contribution in [0.4, 0.5) is 0 Å². The van der Waals surface area contributed by atoms with Gasteiger partial charge >= 0.3 is 11.9 Å². The molecule has 1 aromatic rings. The van der Waals surface area contributed by atoms with E-state index in [0.717, 1.165) is 5.56 Å². The molecular weight excluding hydrogens is 220 g/mol. The largest absolute Gasteiger partial charge is 0.393 e. The maximum atomic E-state index is 11.2. The first-order chi connectivity index (χ1) is 8.13. The number of carbonyl (C=O) groups is 2. The molecule has 0 saturated carbocycles. The van der Waals surface area contributed by atoms with Crippen molar-refractivity contribution in [2.24, 2.45) is 0 Å². The Labute approximate surface area is 101 Å². The van der Waals surface area contributed by atoms with E-state index in [9.17, 15) is 9.59 Å². The minimum absolute atomic E-state index is 0.157. The fraction of sp³-hybridized carbons (Fsp3) is 0.385. The molecule has 0 aliphatic heterocycles. The molecule has 0 heterocycles. The summed E-state index contributed by atoms with van der Waals surface area (Å²) < 4.78 is 9.75. The van der Waals surface area contributed by atoms with Gasteiger partial charge in [0.1, 0.15) is 0 Å². The summed E-state index contributed by atoms with van der Waals surface area (Å²) in [4.78, 5) is 21.8. The molecular formula is C13H16O4. The predicted molar refractivity (Wildman–Crippen MR) is 62.2 cm³/mol. The van der Waals surface area contributed by atoms with Crippen molar-refractivity contribution in [1.29, 1.82) is 0 Å². The molecule has 0 fully saturated rings. The third-order valence-corrected chi connectivity index (χ3v) is 2.32. The molecule has 0 N–H and O–H groups in total. The van der Waals surface area contributed by atoms with Crippen LogP contribution in [0.1, 0.15) is 31.4 Å². The molecule has 1 aromatic carbocycles. The number of rotatable bonds is 5. The van der Waals surface area contributed by atoms with Gasteiger partial charge in [-0.25, -0.2) is 0 Å². The van der Waals surface area contributed by atoms with Crippen molar-refractivity contribution < 1.29 is 19.1 Å². The summed E-state index contributed by atoms with van der Waals surface area (Å²) in [7, 11) is 1.59. The fourth-order valence-corrected chi connectivity index (χ4v) is 1.55. The number of hydrogen-bond acceptors (Lipinski definition) is 4. The smallest absolute Gasteiger partial charge is 0.313 e. The van der Waals surface area contributed by atoms with Crippen LogP contribution in [0.3, 0.4) is 0 Å². The number of benzene rings is 1. The molecule has 0 radical (unpaired) electrons. The van der Waals surface area contributed by atoms with Gasteiger partial charge in [0.15, 0.2) is 0 Å². The van der Waals surface area contributed by atoms with Crippen LogP contribution in [0.25, 0.3) is 0 Å². The highest BCUT2D eigenvalue weighted by Crippen LogP contribution is 2.21. The second-order valence-corrected chi connectivity index (χ2v) is 3.64. The zero-order chi connectivity index (χ0) is 12.7. The van der Waals surface area contributed by atoms with Crippen LogP contribution in [-0.4, -0.2) is 19.0 Å². The average molecular weight is 236 g/mol. The SMILES string of the molecule is COC(CCC(=O)OC(C)=O)c1ccccc1. The van der Waals surface area contributed by atoms with Gasteiger partial charge in [0.2, 0.25) is 0 Å². The van der Waals surface area contributed by atoms with Crippen molar-refractivity contribution in [3.8, 4) is 0 Å². The lowest BCUT2D eigenvalue weighted by Crippen LogP contribution is -2.11. The van der Waals surface area contributed by atoms with E-state index in [-0.39, 0.29) is 12.5 Å². The van der Waals surface area contributed by atoms with Crippen molar-refractivity contribution >= 4 is 11.9 Å². The Morgan fingerprint density at radius 2 is 1.88 bits per heavy atom. The lowest BCUT2D eigenvalue weighted by atomic mass is 10.1. The maximum absolute atomic E-state index is 11.2. The van der Waals surface area contributed by atoms with Gasteiger partial charge in [0, 0.05) is 20.5 Å². The zero-order valence-electron chi connectivity index (χ0n) is 10.0. The summed E-state index contributed by atoms with van der Waals surface area (Å²) in [6.45, 7) is 1.21. The lowest BCUT2D eigenvalue weighted by Gasteiger charge is -2.14. The molecule has 1 rings (SSSR count). The standard InChI is InChI=1S/C13H16O4/c1-10(14)17-13(15)9-8-12(16-2)11-6-4-3-5-7-11/h3-7,12H,8-9H2,1-2H3. The third kappa shape index (κ3) is 4.78. The van der Waals surface area contributed by atoms with Gasteiger partial charge in [-0.2, -0.15) is 0 Å². The molecule has 1 unspecified atom stereocenters. The van der Waals surface area contributed by atoms with Crippen LogP contribution in [0.15, 0.2) is 30.3 Å². The van der Waals surface area contributed by atoms with Crippen LogP contribution in [0, 0.1) is 0 Å². The first-order valence-corrected chi connectivity index (χ1v) is 5.42. The van der Waals surface area contributed by atoms with E-state index in [1.165, 1.54) is 6.92 Å². The van der Waals surface area contributed by atoms with Crippen LogP contribution in [0.5, 0.6) is 0 Å². The zero-order valence-corrected chi connectivity index (χ0v) is 10.0. The van der Waals surface area contributed by atoms with Crippen molar-refractivity contribution in [1.82, 2.24) is 0 Å². The molecule has 0 aromatic heterocycles. The summed E-state index contributed by atoms with van der Waals surface area (Å²) in [6, 6.07) is 9.61. The molecule has 4 heteroatoms. The van der Waals surface area contributed by atoms with Crippen molar-refractivity contribution in [3.63, 3.8) is 0 Å². The van der Waals surface area contributed by atoms with Crippen molar-refractivity contribution in [2.45, 2.75) is 25.9 Å². The molecule has 0 amide bonds. The lowest BCUT2D eigenvalue weighted by molar-refractivity contribution is -0.158. The molecule has 0 spiro atoms. The third-order valence-electron chi connectivity index (χ3n) is 2.32. The highest BCUT2D eigenvalue weighted by Gasteiger charge is 2.14. The monoisotopic (exact) mass is 236 g/mol. The Bertz CT molecular complexity index is 372. The summed E-state index contributed by atoms with van der Waals surface area (Å²) in [5, 5.41) is 0. The molecule has 0 aliphatic carbocycles. The molecule has 1 atom stereocenters. The highest BCUT2D eigenvalue weighted by molar-refractivity contribution is 5.84. The van der Waals surface area contributed by atoms with Gasteiger partial charge < -0.3 is 9.47 Å². The van der Waals surface area contributed by atoms with Crippen LogP contribution in [-0.2, 0) is 19.1 Å². The van der Waals surface area contributed by atoms with Crippen LogP contribution in [0.2, 0.25) is 0 Å². The minimum Gasteiger partial charge on any atom is -0.393 e. The van der Waals surface area contributed by atoms with E-state index in [2.05, 4.69) is 4.74 Å². The van der Waals surface area contributed by atoms with E-state index >= 15 is 0 Å². The van der Waals surface area contributed by atoms with Crippen LogP contribution >= 0.6 is 0 Å². The first kappa shape index (κ1) is 13.4. The molecule has 17 heavy (non-hydrogen) atoms. The van der Waals surface area contributed by atoms with E-state index in [0.29, 0.717) is 6.42 Å². The van der Waals surface area contributed by atoms with E-state index in [4.69, 9.17) is 4.74 Å². The van der Waals surface area contributed by atoms with Gasteiger partial charge in [-0.1, -0.05) is 30.3 Å². The molecule has 4 nitrogen and oxygen atoms in total. The quantitative estimate of drug-likeness (QED) is 0.581. The second-order valence-electron chi connectivity index (χ2n) is 3.64. The van der Waals surface area contributed by atoms with Crippen molar-refractivity contribution in [3.05, 3.63) is 35.9 Å². The second kappa shape index (κ2) is 6.81. The van der Waals surface area contributed by atoms with Gasteiger partial charge in [0.05, 0.1) is 6.10 Å².